The fourth-order valence-electron chi connectivity index (χ4n) is 19.9. The van der Waals surface area contributed by atoms with Crippen LogP contribution in [0.2, 0.25) is 0 Å². The lowest BCUT2D eigenvalue weighted by Crippen LogP contribution is -2.61. The van der Waals surface area contributed by atoms with Gasteiger partial charge in [-0.1, -0.05) is 316 Å². The Morgan fingerprint density at radius 2 is 0.597 bits per heavy atom. The van der Waals surface area contributed by atoms with Crippen molar-refractivity contribution in [3.63, 3.8) is 0 Å². The van der Waals surface area contributed by atoms with E-state index in [0.29, 0.717) is 17.1 Å². The van der Waals surface area contributed by atoms with Crippen molar-refractivity contribution in [2.24, 2.45) is 0 Å². The number of benzene rings is 17. The third kappa shape index (κ3) is 13.7. The van der Waals surface area contributed by atoms with E-state index in [0.717, 1.165) is 144 Å². The molecule has 628 valence electrons. The molecule has 3 aromatic heterocycles. The van der Waals surface area contributed by atoms with Crippen molar-refractivity contribution < 1.29 is 17.8 Å². The number of fused-ring (bicyclic) bond motifs is 13. The topological polar surface area (TPSA) is 24.5 Å². The van der Waals surface area contributed by atoms with Gasteiger partial charge in [-0.05, 0) is 268 Å². The molecule has 7 heteroatoms. The molecule has 0 N–H and O–H groups in total. The summed E-state index contributed by atoms with van der Waals surface area (Å²) in [5, 5.41) is 4.27. The number of nitrogens with zero attached hydrogens (tertiary/aromatic N) is 6. The molecule has 0 fully saturated rings. The highest BCUT2D eigenvalue weighted by Gasteiger charge is 2.46. The largest absolute Gasteiger partial charge is 0.311 e. The van der Waals surface area contributed by atoms with Crippen molar-refractivity contribution in [3.05, 3.63) is 404 Å². The fourth-order valence-corrected chi connectivity index (χ4v) is 19.9. The molecule has 0 spiro atoms. The van der Waals surface area contributed by atoms with E-state index in [9.17, 15) is 12.3 Å². The standard InChI is InChI=1S/C122H107BN6/c1-118(2,3)84-49-61-108-100(68-84)101-69-85(119(4,5)6)50-62-109(101)126(108)92-57-59-104-112(74-92)128(94-66-82(78-35-21-16-22-36-78)65-83(67-94)79-37-23-17-24-38-79)114-76-95(124(89-43-29-20-30-44-89)90-53-55-91(56-54-90)125-106-47-33-31-45-96(106)97-46-32-34-48-107(97)125)77-115-116(114)123(104)105-60-58-93(127-110-63-51-86(120(7,8)9)70-102(110)103-71-87(121(10,11)12)52-64-111(103)127)75-113(105)129(115)117-98(80-39-25-18-26-40-80)72-88(122(13,14)15)73-99(117)81-41-27-19-28-42-81/h16-77H,1-15H3/i20D,29D,30D,31D,32D,33D,34D,43D,44D,45D,46D,47D,48D. The number of hydrogen-bond acceptors (Lipinski definition) is 3. The molecule has 0 bridgehead atoms. The Labute approximate surface area is 777 Å². The minimum absolute atomic E-state index is 0.0874. The van der Waals surface area contributed by atoms with Crippen LogP contribution in [0.25, 0.3) is 127 Å². The first-order valence-corrected chi connectivity index (χ1v) is 44.8. The number of hydrogen-bond donors (Lipinski definition) is 0. The van der Waals surface area contributed by atoms with Gasteiger partial charge in [0.15, 0.2) is 0 Å². The van der Waals surface area contributed by atoms with Crippen LogP contribution in [0.3, 0.4) is 0 Å². The Morgan fingerprint density at radius 1 is 0.240 bits per heavy atom. The quantitative estimate of drug-likeness (QED) is 0.114. The summed E-state index contributed by atoms with van der Waals surface area (Å²) in [6.45, 7) is 33.3. The molecular formula is C122H107BN6. The first kappa shape index (κ1) is 67.0. The monoisotopic (exact) mass is 1680 g/mol. The zero-order valence-corrected chi connectivity index (χ0v) is 75.6. The number of anilines is 9. The third-order valence-electron chi connectivity index (χ3n) is 26.7. The van der Waals surface area contributed by atoms with Gasteiger partial charge in [-0.15, -0.1) is 0 Å². The highest BCUT2D eigenvalue weighted by Crippen LogP contribution is 2.56. The highest BCUT2D eigenvalue weighted by atomic mass is 15.2. The van der Waals surface area contributed by atoms with Crippen LogP contribution in [0.4, 0.5) is 51.2 Å². The Kier molecular flexibility index (Phi) is 15.7. The van der Waals surface area contributed by atoms with E-state index >= 15 is 0 Å². The van der Waals surface area contributed by atoms with Gasteiger partial charge >= 0.3 is 0 Å². The molecule has 0 radical (unpaired) electrons. The maximum Gasteiger partial charge on any atom is 0.252 e. The van der Waals surface area contributed by atoms with Crippen LogP contribution in [0.15, 0.2) is 376 Å². The van der Waals surface area contributed by atoms with Gasteiger partial charge in [-0.2, -0.15) is 0 Å². The number of aromatic nitrogens is 3. The lowest BCUT2D eigenvalue weighted by Gasteiger charge is -2.46. The Bertz CT molecular complexity index is 8350. The molecule has 5 heterocycles. The summed E-state index contributed by atoms with van der Waals surface area (Å²) in [6, 6.07) is 99.5. The van der Waals surface area contributed by atoms with E-state index in [1.54, 1.807) is 29.2 Å². The van der Waals surface area contributed by atoms with Gasteiger partial charge in [-0.25, -0.2) is 0 Å². The van der Waals surface area contributed by atoms with Crippen LogP contribution in [0, 0.1) is 0 Å². The molecule has 2 aliphatic heterocycles. The van der Waals surface area contributed by atoms with E-state index in [1.807, 2.05) is 12.1 Å². The molecule has 20 aromatic rings. The Morgan fingerprint density at radius 3 is 1.00 bits per heavy atom. The van der Waals surface area contributed by atoms with Gasteiger partial charge in [0.2, 0.25) is 0 Å². The first-order valence-electron chi connectivity index (χ1n) is 51.3. The SMILES string of the molecule is [2H]c1c([2H])c([2H])c(N(c2ccc(-n3c4c([2H])c([2H])c([2H])c([2H])c4c4c([2H])c([2H])c([2H])c([2H])c43)cc2)c2cc3c4c(c2)N(c2c(-c5ccccc5)cc(C(C)(C)C)cc2-c2ccccc2)c2cc(-n5c6ccc(C(C)(C)C)cc6c6cc(C(C)(C)C)ccc65)ccc2B4c2ccc(-n4c5ccc(C(C)(C)C)cc5c5cc(C(C)(C)C)ccc54)cc2N3c2cc(-c3ccccc3)cc(-c3ccccc3)c2)c([2H])c1[2H]. The van der Waals surface area contributed by atoms with Crippen molar-refractivity contribution in [2.45, 2.75) is 131 Å². The van der Waals surface area contributed by atoms with Crippen LogP contribution in [0.1, 0.15) is 149 Å². The molecule has 17 aromatic carbocycles. The van der Waals surface area contributed by atoms with Gasteiger partial charge in [0.05, 0.1) is 62.3 Å². The van der Waals surface area contributed by atoms with Crippen molar-refractivity contribution in [2.75, 3.05) is 14.7 Å². The predicted octanol–water partition coefficient (Wildman–Crippen LogP) is 31.7. The molecule has 0 amide bonds. The minimum Gasteiger partial charge on any atom is -0.311 e. The van der Waals surface area contributed by atoms with Crippen molar-refractivity contribution in [1.82, 2.24) is 13.7 Å². The van der Waals surface area contributed by atoms with Gasteiger partial charge in [0.1, 0.15) is 0 Å². The average molecular weight is 1680 g/mol. The normalized spacial score (nSPS) is 14.4. The van der Waals surface area contributed by atoms with E-state index in [4.69, 9.17) is 5.48 Å². The van der Waals surface area contributed by atoms with Crippen LogP contribution < -0.4 is 31.1 Å². The summed E-state index contributed by atoms with van der Waals surface area (Å²) in [4.78, 5) is 6.62. The number of rotatable bonds is 12. The van der Waals surface area contributed by atoms with Crippen molar-refractivity contribution >= 4 is 140 Å². The van der Waals surface area contributed by atoms with E-state index in [1.165, 1.54) is 26.8 Å². The summed E-state index contributed by atoms with van der Waals surface area (Å²) in [5.41, 5.74) is 26.0. The second kappa shape index (κ2) is 30.1. The predicted molar refractivity (Wildman–Crippen MR) is 553 cm³/mol. The fraction of sp³-hybridized carbons (Fsp3) is 0.164. The Balaban J connectivity index is 0.939. The molecular weight excluding hydrogens is 1560 g/mol. The maximum absolute atomic E-state index is 10.6. The molecule has 22 rings (SSSR count). The summed E-state index contributed by atoms with van der Waals surface area (Å²) >= 11 is 0. The molecule has 0 unspecified atom stereocenters. The molecule has 129 heavy (non-hydrogen) atoms. The second-order valence-corrected chi connectivity index (χ2v) is 40.1. The van der Waals surface area contributed by atoms with Crippen LogP contribution >= 0.6 is 0 Å². The highest BCUT2D eigenvalue weighted by molar-refractivity contribution is 7.00. The molecule has 6 nitrogen and oxygen atoms in total. The molecule has 0 saturated carbocycles. The van der Waals surface area contributed by atoms with E-state index in [2.05, 4.69) is 384 Å². The summed E-state index contributed by atoms with van der Waals surface area (Å²) in [6.07, 6.45) is 0. The van der Waals surface area contributed by atoms with Gasteiger partial charge in [0, 0.05) is 100 Å². The lowest BCUT2D eigenvalue weighted by atomic mass is 9.33. The molecule has 0 aliphatic carbocycles. The van der Waals surface area contributed by atoms with Gasteiger partial charge in [-0.3, -0.25) is 0 Å². The van der Waals surface area contributed by atoms with E-state index < -0.39 is 90.7 Å². The zero-order valence-electron chi connectivity index (χ0n) is 88.6. The smallest absolute Gasteiger partial charge is 0.252 e. The maximum atomic E-state index is 10.6. The molecule has 0 saturated heterocycles. The lowest BCUT2D eigenvalue weighted by molar-refractivity contribution is 0.590. The van der Waals surface area contributed by atoms with Crippen LogP contribution in [-0.4, -0.2) is 20.4 Å². The van der Waals surface area contributed by atoms with E-state index in [-0.39, 0.29) is 60.5 Å². The summed E-state index contributed by atoms with van der Waals surface area (Å²) in [7, 11) is 0. The Hall–Kier alpha value is -14.4. The average Bonchev–Trinajstić information content (AvgIpc) is 1.11. The first-order chi connectivity index (χ1) is 67.5. The van der Waals surface area contributed by atoms with Crippen molar-refractivity contribution in [3.8, 4) is 61.6 Å². The zero-order chi connectivity index (χ0) is 99.8. The van der Waals surface area contributed by atoms with Gasteiger partial charge in [0.25, 0.3) is 6.71 Å². The third-order valence-corrected chi connectivity index (χ3v) is 26.7. The molecule has 0 atom stereocenters. The summed E-state index contributed by atoms with van der Waals surface area (Å²) in [5.74, 6) is 0. The minimum atomic E-state index is -0.633. The number of para-hydroxylation sites is 3. The second-order valence-electron chi connectivity index (χ2n) is 40.1. The molecule has 2 aliphatic rings. The van der Waals surface area contributed by atoms with Crippen LogP contribution in [-0.2, 0) is 27.1 Å². The summed E-state index contributed by atoms with van der Waals surface area (Å²) < 4.78 is 131. The van der Waals surface area contributed by atoms with Gasteiger partial charge < -0.3 is 28.4 Å². The van der Waals surface area contributed by atoms with Crippen LogP contribution in [0.5, 0.6) is 0 Å². The van der Waals surface area contributed by atoms with Crippen molar-refractivity contribution in [1.29, 1.82) is 0 Å².